The van der Waals surface area contributed by atoms with E-state index in [-0.39, 0.29) is 0 Å². The Bertz CT molecular complexity index is 762. The number of carbonyl (C=O) groups is 1. The SMILES string of the molecule is CCCn1c([C@H]2CCN(C(=O)CCC3CCCC3)C2)nc2cccnc21. The van der Waals surface area contributed by atoms with Crippen LogP contribution in [0.25, 0.3) is 11.2 Å². The fraction of sp³-hybridized carbons (Fsp3) is 0.667. The largest absolute Gasteiger partial charge is 0.342 e. The summed E-state index contributed by atoms with van der Waals surface area (Å²) < 4.78 is 2.27. The van der Waals surface area contributed by atoms with Crippen molar-refractivity contribution in [3.63, 3.8) is 0 Å². The van der Waals surface area contributed by atoms with Crippen LogP contribution >= 0.6 is 0 Å². The Morgan fingerprint density at radius 1 is 1.27 bits per heavy atom. The predicted octanol–water partition coefficient (Wildman–Crippen LogP) is 4.13. The molecule has 26 heavy (non-hydrogen) atoms. The van der Waals surface area contributed by atoms with Crippen molar-refractivity contribution in [2.75, 3.05) is 13.1 Å². The number of aryl methyl sites for hydroxylation is 1. The Hall–Kier alpha value is -1.91. The number of hydrogen-bond donors (Lipinski definition) is 0. The van der Waals surface area contributed by atoms with Gasteiger partial charge in [-0.25, -0.2) is 9.97 Å². The molecule has 2 fully saturated rings. The normalized spacial score (nSPS) is 21.1. The molecule has 0 unspecified atom stereocenters. The third kappa shape index (κ3) is 3.49. The second-order valence-electron chi connectivity index (χ2n) is 7.98. The van der Waals surface area contributed by atoms with Gasteiger partial charge in [-0.15, -0.1) is 0 Å². The molecule has 3 heterocycles. The van der Waals surface area contributed by atoms with Gasteiger partial charge in [0.05, 0.1) is 0 Å². The lowest BCUT2D eigenvalue weighted by Gasteiger charge is -2.18. The van der Waals surface area contributed by atoms with E-state index in [0.29, 0.717) is 11.8 Å². The van der Waals surface area contributed by atoms with E-state index in [0.717, 1.165) is 68.2 Å². The Morgan fingerprint density at radius 2 is 2.12 bits per heavy atom. The molecule has 5 nitrogen and oxygen atoms in total. The monoisotopic (exact) mass is 354 g/mol. The van der Waals surface area contributed by atoms with E-state index >= 15 is 0 Å². The Labute approximate surface area is 155 Å². The van der Waals surface area contributed by atoms with E-state index < -0.39 is 0 Å². The maximum atomic E-state index is 12.6. The second-order valence-corrected chi connectivity index (χ2v) is 7.98. The van der Waals surface area contributed by atoms with Crippen LogP contribution < -0.4 is 0 Å². The smallest absolute Gasteiger partial charge is 0.222 e. The van der Waals surface area contributed by atoms with Gasteiger partial charge in [0, 0.05) is 38.2 Å². The van der Waals surface area contributed by atoms with Gasteiger partial charge < -0.3 is 9.47 Å². The first kappa shape index (κ1) is 17.5. The zero-order valence-electron chi connectivity index (χ0n) is 15.9. The maximum Gasteiger partial charge on any atom is 0.222 e. The van der Waals surface area contributed by atoms with Crippen molar-refractivity contribution in [1.82, 2.24) is 19.4 Å². The van der Waals surface area contributed by atoms with E-state index in [1.54, 1.807) is 0 Å². The lowest BCUT2D eigenvalue weighted by molar-refractivity contribution is -0.130. The van der Waals surface area contributed by atoms with Crippen molar-refractivity contribution in [3.05, 3.63) is 24.2 Å². The van der Waals surface area contributed by atoms with Crippen molar-refractivity contribution < 1.29 is 4.79 Å². The molecule has 140 valence electrons. The third-order valence-electron chi connectivity index (χ3n) is 6.13. The predicted molar refractivity (Wildman–Crippen MR) is 103 cm³/mol. The summed E-state index contributed by atoms with van der Waals surface area (Å²) in [7, 11) is 0. The van der Waals surface area contributed by atoms with Gasteiger partial charge in [-0.2, -0.15) is 0 Å². The number of fused-ring (bicyclic) bond motifs is 1. The van der Waals surface area contributed by atoms with Crippen molar-refractivity contribution in [1.29, 1.82) is 0 Å². The van der Waals surface area contributed by atoms with Crippen molar-refractivity contribution in [2.24, 2.45) is 5.92 Å². The van der Waals surface area contributed by atoms with E-state index in [2.05, 4.69) is 21.4 Å². The number of hydrogen-bond acceptors (Lipinski definition) is 3. The highest BCUT2D eigenvalue weighted by Crippen LogP contribution is 2.31. The molecule has 2 aliphatic rings. The summed E-state index contributed by atoms with van der Waals surface area (Å²) in [6.07, 6.45) is 11.1. The van der Waals surface area contributed by atoms with Crippen LogP contribution in [-0.2, 0) is 11.3 Å². The number of imidazole rings is 1. The van der Waals surface area contributed by atoms with Gasteiger partial charge in [0.1, 0.15) is 11.3 Å². The minimum absolute atomic E-state index is 0.339. The van der Waals surface area contributed by atoms with E-state index in [4.69, 9.17) is 4.98 Å². The van der Waals surface area contributed by atoms with Crippen LogP contribution in [-0.4, -0.2) is 38.4 Å². The molecule has 0 bridgehead atoms. The summed E-state index contributed by atoms with van der Waals surface area (Å²) in [5.74, 6) is 2.59. The van der Waals surface area contributed by atoms with Crippen LogP contribution in [0.1, 0.15) is 70.0 Å². The highest BCUT2D eigenvalue weighted by atomic mass is 16.2. The average Bonchev–Trinajstić information content (AvgIpc) is 3.40. The highest BCUT2D eigenvalue weighted by Gasteiger charge is 2.31. The summed E-state index contributed by atoms with van der Waals surface area (Å²) in [4.78, 5) is 24.1. The quantitative estimate of drug-likeness (QED) is 0.784. The van der Waals surface area contributed by atoms with E-state index in [1.807, 2.05) is 18.3 Å². The highest BCUT2D eigenvalue weighted by molar-refractivity contribution is 5.76. The fourth-order valence-electron chi connectivity index (χ4n) is 4.71. The molecular weight excluding hydrogens is 324 g/mol. The molecule has 0 spiro atoms. The minimum Gasteiger partial charge on any atom is -0.342 e. The van der Waals surface area contributed by atoms with Crippen LogP contribution in [0.3, 0.4) is 0 Å². The zero-order chi connectivity index (χ0) is 17.9. The van der Waals surface area contributed by atoms with Gasteiger partial charge in [-0.05, 0) is 37.3 Å². The number of rotatable bonds is 6. The molecule has 1 saturated heterocycles. The number of likely N-dealkylation sites (tertiary alicyclic amines) is 1. The number of nitrogens with zero attached hydrogens (tertiary/aromatic N) is 4. The zero-order valence-corrected chi connectivity index (χ0v) is 15.9. The molecule has 0 radical (unpaired) electrons. The van der Waals surface area contributed by atoms with Crippen LogP contribution in [0.2, 0.25) is 0 Å². The van der Waals surface area contributed by atoms with Crippen LogP contribution in [0.5, 0.6) is 0 Å². The first-order chi connectivity index (χ1) is 12.8. The summed E-state index contributed by atoms with van der Waals surface area (Å²) in [5, 5.41) is 0. The maximum absolute atomic E-state index is 12.6. The van der Waals surface area contributed by atoms with Gasteiger partial charge in [0.25, 0.3) is 0 Å². The number of pyridine rings is 1. The Balaban J connectivity index is 1.44. The molecule has 1 amide bonds. The van der Waals surface area contributed by atoms with Crippen molar-refractivity contribution >= 4 is 17.1 Å². The average molecular weight is 354 g/mol. The van der Waals surface area contributed by atoms with Crippen LogP contribution in [0, 0.1) is 5.92 Å². The molecule has 1 atom stereocenters. The lowest BCUT2D eigenvalue weighted by atomic mass is 10.0. The van der Waals surface area contributed by atoms with Gasteiger partial charge in [0.2, 0.25) is 5.91 Å². The Morgan fingerprint density at radius 3 is 2.92 bits per heavy atom. The first-order valence-corrected chi connectivity index (χ1v) is 10.3. The minimum atomic E-state index is 0.339. The fourth-order valence-corrected chi connectivity index (χ4v) is 4.71. The third-order valence-corrected chi connectivity index (χ3v) is 6.13. The molecule has 1 aliphatic heterocycles. The summed E-state index contributed by atoms with van der Waals surface area (Å²) in [6.45, 7) is 4.81. The number of aromatic nitrogens is 3. The van der Waals surface area contributed by atoms with Gasteiger partial charge in [0.15, 0.2) is 5.65 Å². The van der Waals surface area contributed by atoms with Crippen molar-refractivity contribution in [3.8, 4) is 0 Å². The summed E-state index contributed by atoms with van der Waals surface area (Å²) in [6, 6.07) is 3.99. The number of amides is 1. The van der Waals surface area contributed by atoms with Gasteiger partial charge in [-0.3, -0.25) is 4.79 Å². The molecule has 1 saturated carbocycles. The lowest BCUT2D eigenvalue weighted by Crippen LogP contribution is -2.28. The molecule has 2 aromatic rings. The topological polar surface area (TPSA) is 51.0 Å². The molecule has 1 aliphatic carbocycles. The Kier molecular flexibility index (Phi) is 5.23. The van der Waals surface area contributed by atoms with Gasteiger partial charge in [-0.1, -0.05) is 32.6 Å². The van der Waals surface area contributed by atoms with E-state index in [1.165, 1.54) is 25.7 Å². The number of carbonyl (C=O) groups excluding carboxylic acids is 1. The summed E-state index contributed by atoms with van der Waals surface area (Å²) in [5.41, 5.74) is 1.96. The molecular formula is C21H30N4O. The van der Waals surface area contributed by atoms with Gasteiger partial charge >= 0.3 is 0 Å². The molecule has 4 rings (SSSR count). The summed E-state index contributed by atoms with van der Waals surface area (Å²) >= 11 is 0. The van der Waals surface area contributed by atoms with E-state index in [9.17, 15) is 4.79 Å². The first-order valence-electron chi connectivity index (χ1n) is 10.3. The standard InChI is InChI=1S/C21H30N4O/c1-2-13-25-20(23-18-8-5-12-22-21(18)25)17-11-14-24(15-17)19(26)10-9-16-6-3-4-7-16/h5,8,12,16-17H,2-4,6-7,9-11,13-15H2,1H3/t17-/m0/s1. The molecule has 2 aromatic heterocycles. The molecule has 0 N–H and O–H groups in total. The second kappa shape index (κ2) is 7.77. The molecule has 0 aromatic carbocycles. The van der Waals surface area contributed by atoms with Crippen molar-refractivity contribution in [2.45, 2.75) is 70.8 Å². The van der Waals surface area contributed by atoms with Crippen LogP contribution in [0.4, 0.5) is 0 Å². The van der Waals surface area contributed by atoms with Crippen LogP contribution in [0.15, 0.2) is 18.3 Å². The molecule has 5 heteroatoms.